The van der Waals surface area contributed by atoms with Gasteiger partial charge in [-0.3, -0.25) is 9.59 Å². The molecule has 0 saturated carbocycles. The minimum atomic E-state index is -0.131. The lowest BCUT2D eigenvalue weighted by atomic mass is 10.1. The van der Waals surface area contributed by atoms with Crippen LogP contribution < -0.4 is 10.6 Å². The van der Waals surface area contributed by atoms with Crippen molar-refractivity contribution in [1.29, 1.82) is 5.26 Å². The topological polar surface area (TPSA) is 91.2 Å². The molecule has 1 heterocycles. The Morgan fingerprint density at radius 2 is 2.07 bits per heavy atom. The van der Waals surface area contributed by atoms with E-state index in [9.17, 15) is 14.9 Å². The summed E-state index contributed by atoms with van der Waals surface area (Å²) in [6, 6.07) is 14.4. The fourth-order valence-electron chi connectivity index (χ4n) is 3.14. The van der Waals surface area contributed by atoms with Gasteiger partial charge in [-0.1, -0.05) is 12.1 Å². The maximum atomic E-state index is 12.4. The van der Waals surface area contributed by atoms with E-state index in [4.69, 9.17) is 4.74 Å². The fraction of sp³-hybridized carbons (Fsp3) is 0.318. The Hall–Kier alpha value is -3.17. The summed E-state index contributed by atoms with van der Waals surface area (Å²) in [4.78, 5) is 24.0. The van der Waals surface area contributed by atoms with Crippen LogP contribution in [0.1, 0.15) is 51.6 Å². The Morgan fingerprint density at radius 1 is 1.21 bits per heavy atom. The second-order valence-corrected chi connectivity index (χ2v) is 6.83. The summed E-state index contributed by atoms with van der Waals surface area (Å²) in [5.41, 5.74) is 3.10. The Kier molecular flexibility index (Phi) is 6.41. The zero-order valence-electron chi connectivity index (χ0n) is 15.8. The molecule has 3 rings (SSSR count). The quantitative estimate of drug-likeness (QED) is 0.723. The molecule has 2 aromatic carbocycles. The predicted molar refractivity (Wildman–Crippen MR) is 106 cm³/mol. The summed E-state index contributed by atoms with van der Waals surface area (Å²) in [6.45, 7) is 3.20. The zero-order valence-corrected chi connectivity index (χ0v) is 15.8. The molecule has 1 amide bonds. The molecule has 2 aromatic rings. The SMILES string of the molecule is CC(=O)c1ccc(C#N)c(NCc2cccc(C(=O)NCC3CCCO3)c2)c1. The highest BCUT2D eigenvalue weighted by molar-refractivity contribution is 5.95. The first kappa shape index (κ1) is 19.6. The smallest absolute Gasteiger partial charge is 0.251 e. The van der Waals surface area contributed by atoms with Crippen molar-refractivity contribution in [2.75, 3.05) is 18.5 Å². The lowest BCUT2D eigenvalue weighted by molar-refractivity contribution is 0.0857. The van der Waals surface area contributed by atoms with Gasteiger partial charge in [-0.15, -0.1) is 0 Å². The number of carbonyl (C=O) groups is 2. The number of nitrogens with zero attached hydrogens (tertiary/aromatic N) is 1. The molecule has 0 aromatic heterocycles. The second kappa shape index (κ2) is 9.16. The normalized spacial score (nSPS) is 15.6. The molecule has 1 unspecified atom stereocenters. The number of rotatable bonds is 7. The fourth-order valence-corrected chi connectivity index (χ4v) is 3.14. The molecule has 1 atom stereocenters. The highest BCUT2D eigenvalue weighted by Crippen LogP contribution is 2.19. The Bertz CT molecular complexity index is 911. The van der Waals surface area contributed by atoms with Crippen LogP contribution in [0.15, 0.2) is 42.5 Å². The van der Waals surface area contributed by atoms with Crippen molar-refractivity contribution in [1.82, 2.24) is 5.32 Å². The Morgan fingerprint density at radius 3 is 2.79 bits per heavy atom. The summed E-state index contributed by atoms with van der Waals surface area (Å²) < 4.78 is 5.52. The molecule has 2 N–H and O–H groups in total. The van der Waals surface area contributed by atoms with Crippen LogP contribution in [0.4, 0.5) is 5.69 Å². The minimum Gasteiger partial charge on any atom is -0.380 e. The molecule has 1 aliphatic rings. The number of Topliss-reactive ketones (excluding diaryl/α,β-unsaturated/α-hetero) is 1. The second-order valence-electron chi connectivity index (χ2n) is 6.83. The summed E-state index contributed by atoms with van der Waals surface area (Å²) >= 11 is 0. The first-order valence-electron chi connectivity index (χ1n) is 9.34. The predicted octanol–water partition coefficient (Wildman–Crippen LogP) is 3.28. The molecular weight excluding hydrogens is 354 g/mol. The van der Waals surface area contributed by atoms with Crippen LogP contribution in [-0.2, 0) is 11.3 Å². The van der Waals surface area contributed by atoms with Crippen LogP contribution in [0.2, 0.25) is 0 Å². The Labute approximate surface area is 164 Å². The lowest BCUT2D eigenvalue weighted by Gasteiger charge is -2.12. The highest BCUT2D eigenvalue weighted by Gasteiger charge is 2.16. The van der Waals surface area contributed by atoms with E-state index in [0.717, 1.165) is 25.0 Å². The van der Waals surface area contributed by atoms with Crippen LogP contribution in [-0.4, -0.2) is 30.9 Å². The van der Waals surface area contributed by atoms with Gasteiger partial charge in [0.05, 0.1) is 17.4 Å². The van der Waals surface area contributed by atoms with E-state index in [1.165, 1.54) is 6.92 Å². The summed E-state index contributed by atoms with van der Waals surface area (Å²) in [6.07, 6.45) is 2.12. The highest BCUT2D eigenvalue weighted by atomic mass is 16.5. The summed E-state index contributed by atoms with van der Waals surface area (Å²) in [5.74, 6) is -0.189. The molecule has 1 fully saturated rings. The third kappa shape index (κ3) is 4.96. The standard InChI is InChI=1S/C22H23N3O3/c1-15(26)17-7-8-19(12-23)21(11-17)24-13-16-4-2-5-18(10-16)22(27)25-14-20-6-3-9-28-20/h2,4-5,7-8,10-11,20,24H,3,6,9,13-14H2,1H3,(H,25,27). The minimum absolute atomic E-state index is 0.0579. The van der Waals surface area contributed by atoms with Crippen molar-refractivity contribution in [3.63, 3.8) is 0 Å². The van der Waals surface area contributed by atoms with Crippen LogP contribution >= 0.6 is 0 Å². The van der Waals surface area contributed by atoms with Gasteiger partial charge in [0, 0.05) is 30.8 Å². The van der Waals surface area contributed by atoms with Gasteiger partial charge in [0.2, 0.25) is 0 Å². The Balaban J connectivity index is 1.64. The molecular formula is C22H23N3O3. The van der Waals surface area contributed by atoms with Crippen molar-refractivity contribution in [2.24, 2.45) is 0 Å². The number of ketones is 1. The van der Waals surface area contributed by atoms with Crippen LogP contribution in [0, 0.1) is 11.3 Å². The van der Waals surface area contributed by atoms with Gasteiger partial charge in [0.25, 0.3) is 5.91 Å². The van der Waals surface area contributed by atoms with E-state index in [2.05, 4.69) is 16.7 Å². The first-order valence-corrected chi connectivity index (χ1v) is 9.34. The van der Waals surface area contributed by atoms with Gasteiger partial charge in [0.15, 0.2) is 5.78 Å². The number of anilines is 1. The molecule has 0 spiro atoms. The maximum Gasteiger partial charge on any atom is 0.251 e. The van der Waals surface area contributed by atoms with Gasteiger partial charge in [-0.25, -0.2) is 0 Å². The monoisotopic (exact) mass is 377 g/mol. The van der Waals surface area contributed by atoms with Crippen molar-refractivity contribution in [3.8, 4) is 6.07 Å². The first-order chi connectivity index (χ1) is 13.6. The van der Waals surface area contributed by atoms with Gasteiger partial charge >= 0.3 is 0 Å². The van der Waals surface area contributed by atoms with Crippen LogP contribution in [0.25, 0.3) is 0 Å². The van der Waals surface area contributed by atoms with E-state index < -0.39 is 0 Å². The average molecular weight is 377 g/mol. The van der Waals surface area contributed by atoms with Crippen molar-refractivity contribution in [3.05, 3.63) is 64.7 Å². The largest absolute Gasteiger partial charge is 0.380 e. The molecule has 1 saturated heterocycles. The van der Waals surface area contributed by atoms with Gasteiger partial charge in [0.1, 0.15) is 6.07 Å². The summed E-state index contributed by atoms with van der Waals surface area (Å²) in [7, 11) is 0. The number of hydrogen-bond acceptors (Lipinski definition) is 5. The van der Waals surface area contributed by atoms with Gasteiger partial charge < -0.3 is 15.4 Å². The van der Waals surface area contributed by atoms with Gasteiger partial charge in [-0.2, -0.15) is 5.26 Å². The number of hydrogen-bond donors (Lipinski definition) is 2. The number of nitrogens with one attached hydrogen (secondary N) is 2. The van der Waals surface area contributed by atoms with Gasteiger partial charge in [-0.05, 0) is 55.7 Å². The third-order valence-corrected chi connectivity index (χ3v) is 4.73. The number of nitriles is 1. The number of benzene rings is 2. The molecule has 6 heteroatoms. The van der Waals surface area contributed by atoms with E-state index in [0.29, 0.717) is 35.5 Å². The zero-order chi connectivity index (χ0) is 19.9. The summed E-state index contributed by atoms with van der Waals surface area (Å²) in [5, 5.41) is 15.4. The van der Waals surface area contributed by atoms with E-state index in [1.807, 2.05) is 18.2 Å². The maximum absolute atomic E-state index is 12.4. The van der Waals surface area contributed by atoms with Crippen molar-refractivity contribution < 1.29 is 14.3 Å². The molecule has 6 nitrogen and oxygen atoms in total. The van der Waals surface area contributed by atoms with E-state index >= 15 is 0 Å². The number of carbonyl (C=O) groups excluding carboxylic acids is 2. The molecule has 144 valence electrons. The molecule has 0 radical (unpaired) electrons. The van der Waals surface area contributed by atoms with E-state index in [1.54, 1.807) is 24.3 Å². The lowest BCUT2D eigenvalue weighted by Crippen LogP contribution is -2.31. The number of ether oxygens (including phenoxy) is 1. The van der Waals surface area contributed by atoms with E-state index in [-0.39, 0.29) is 17.8 Å². The molecule has 28 heavy (non-hydrogen) atoms. The van der Waals surface area contributed by atoms with Crippen LogP contribution in [0.3, 0.4) is 0 Å². The molecule has 0 bridgehead atoms. The third-order valence-electron chi connectivity index (χ3n) is 4.73. The van der Waals surface area contributed by atoms with Crippen molar-refractivity contribution in [2.45, 2.75) is 32.4 Å². The average Bonchev–Trinajstić information content (AvgIpc) is 3.24. The molecule has 0 aliphatic carbocycles. The van der Waals surface area contributed by atoms with Crippen molar-refractivity contribution >= 4 is 17.4 Å². The molecule has 1 aliphatic heterocycles. The van der Waals surface area contributed by atoms with Crippen LogP contribution in [0.5, 0.6) is 0 Å². The number of amides is 1.